The van der Waals surface area contributed by atoms with Gasteiger partial charge >= 0.3 is 6.01 Å². The molecule has 0 aliphatic rings. The fourth-order valence-corrected chi connectivity index (χ4v) is 3.00. The molecule has 0 unspecified atom stereocenters. The van der Waals surface area contributed by atoms with E-state index in [4.69, 9.17) is 18.9 Å². The number of rotatable bonds is 8. The highest BCUT2D eigenvalue weighted by Gasteiger charge is 2.12. The van der Waals surface area contributed by atoms with E-state index < -0.39 is 0 Å². The van der Waals surface area contributed by atoms with Crippen molar-refractivity contribution in [3.8, 4) is 29.0 Å². The Hall–Kier alpha value is -4.07. The van der Waals surface area contributed by atoms with E-state index >= 15 is 0 Å². The second-order valence-electron chi connectivity index (χ2n) is 6.84. The summed E-state index contributed by atoms with van der Waals surface area (Å²) >= 11 is 0. The van der Waals surface area contributed by atoms with E-state index in [9.17, 15) is 4.79 Å². The van der Waals surface area contributed by atoms with Gasteiger partial charge in [-0.05, 0) is 68.0 Å². The van der Waals surface area contributed by atoms with Crippen LogP contribution >= 0.6 is 0 Å². The third kappa shape index (κ3) is 5.75. The van der Waals surface area contributed by atoms with E-state index in [2.05, 4.69) is 15.3 Å². The number of ether oxygens (including phenoxy) is 4. The normalized spacial score (nSPS) is 10.7. The van der Waals surface area contributed by atoms with Crippen LogP contribution in [0.25, 0.3) is 6.08 Å². The number of hydrogen-bond acceptors (Lipinski definition) is 7. The van der Waals surface area contributed by atoms with Gasteiger partial charge in [-0.25, -0.2) is 9.97 Å². The molecule has 1 amide bonds. The maximum absolute atomic E-state index is 12.3. The van der Waals surface area contributed by atoms with Crippen molar-refractivity contribution in [3.63, 3.8) is 0 Å². The highest BCUT2D eigenvalue weighted by molar-refractivity contribution is 6.02. The Morgan fingerprint density at radius 3 is 2.00 bits per heavy atom. The highest BCUT2D eigenvalue weighted by atomic mass is 16.5. The van der Waals surface area contributed by atoms with E-state index in [0.29, 0.717) is 28.7 Å². The number of methoxy groups -OCH3 is 3. The van der Waals surface area contributed by atoms with Crippen molar-refractivity contribution >= 4 is 17.7 Å². The molecule has 1 aromatic heterocycles. The molecule has 0 bridgehead atoms. The standard InChI is InChI=1S/C24H25N3O5/c1-15-12-16(2)26-24(25-15)32-19-9-7-18(8-10-19)27-22(28)11-6-17-13-20(29-3)23(31-5)21(14-17)30-4/h6-14H,1-5H3,(H,27,28)/b11-6+. The summed E-state index contributed by atoms with van der Waals surface area (Å²) in [4.78, 5) is 20.8. The first-order valence-corrected chi connectivity index (χ1v) is 9.81. The maximum atomic E-state index is 12.3. The zero-order chi connectivity index (χ0) is 23.1. The van der Waals surface area contributed by atoms with Gasteiger partial charge in [0.2, 0.25) is 11.7 Å². The van der Waals surface area contributed by atoms with Crippen molar-refractivity contribution in [2.45, 2.75) is 13.8 Å². The van der Waals surface area contributed by atoms with Crippen molar-refractivity contribution in [3.05, 3.63) is 65.5 Å². The van der Waals surface area contributed by atoms with Crippen molar-refractivity contribution < 1.29 is 23.7 Å². The molecule has 0 atom stereocenters. The predicted molar refractivity (Wildman–Crippen MR) is 122 cm³/mol. The summed E-state index contributed by atoms with van der Waals surface area (Å²) < 4.78 is 21.6. The van der Waals surface area contributed by atoms with Crippen LogP contribution in [0.5, 0.6) is 29.0 Å². The number of nitrogens with zero attached hydrogens (tertiary/aromatic N) is 2. The largest absolute Gasteiger partial charge is 0.493 e. The van der Waals surface area contributed by atoms with Crippen LogP contribution in [0.3, 0.4) is 0 Å². The van der Waals surface area contributed by atoms with Crippen LogP contribution in [-0.4, -0.2) is 37.2 Å². The first-order chi connectivity index (χ1) is 15.4. The summed E-state index contributed by atoms with van der Waals surface area (Å²) in [6, 6.07) is 12.6. The third-order valence-corrected chi connectivity index (χ3v) is 4.41. The second-order valence-corrected chi connectivity index (χ2v) is 6.84. The number of amides is 1. The molecule has 32 heavy (non-hydrogen) atoms. The van der Waals surface area contributed by atoms with Crippen LogP contribution < -0.4 is 24.3 Å². The third-order valence-electron chi connectivity index (χ3n) is 4.41. The topological polar surface area (TPSA) is 91.8 Å². The number of hydrogen-bond donors (Lipinski definition) is 1. The van der Waals surface area contributed by atoms with Gasteiger partial charge in [0.05, 0.1) is 21.3 Å². The number of aryl methyl sites for hydroxylation is 2. The lowest BCUT2D eigenvalue weighted by Crippen LogP contribution is -2.07. The Labute approximate surface area is 186 Å². The lowest BCUT2D eigenvalue weighted by atomic mass is 10.1. The van der Waals surface area contributed by atoms with Gasteiger partial charge in [0.15, 0.2) is 11.5 Å². The lowest BCUT2D eigenvalue weighted by Gasteiger charge is -2.12. The van der Waals surface area contributed by atoms with E-state index in [1.54, 1.807) is 42.5 Å². The fourth-order valence-electron chi connectivity index (χ4n) is 3.00. The molecular formula is C24H25N3O5. The first kappa shape index (κ1) is 22.6. The molecule has 0 fully saturated rings. The molecule has 3 aromatic rings. The van der Waals surface area contributed by atoms with Gasteiger partial charge in [0.25, 0.3) is 0 Å². The second kappa shape index (κ2) is 10.3. The lowest BCUT2D eigenvalue weighted by molar-refractivity contribution is -0.111. The van der Waals surface area contributed by atoms with Crippen LogP contribution in [0.2, 0.25) is 0 Å². The Bertz CT molecular complexity index is 1080. The summed E-state index contributed by atoms with van der Waals surface area (Å²) in [7, 11) is 4.61. The molecule has 0 radical (unpaired) electrons. The molecule has 8 heteroatoms. The summed E-state index contributed by atoms with van der Waals surface area (Å²) in [5, 5.41) is 2.80. The summed E-state index contributed by atoms with van der Waals surface area (Å²) in [5.41, 5.74) is 3.01. The molecule has 0 spiro atoms. The number of carbonyl (C=O) groups is 1. The van der Waals surface area contributed by atoms with Crippen molar-refractivity contribution in [2.24, 2.45) is 0 Å². The zero-order valence-electron chi connectivity index (χ0n) is 18.6. The molecule has 0 saturated carbocycles. The molecule has 2 aromatic carbocycles. The molecule has 3 rings (SSSR count). The van der Waals surface area contributed by atoms with E-state index in [-0.39, 0.29) is 11.9 Å². The molecule has 1 N–H and O–H groups in total. The number of anilines is 1. The van der Waals surface area contributed by atoms with Gasteiger partial charge in [-0.1, -0.05) is 0 Å². The zero-order valence-corrected chi connectivity index (χ0v) is 18.6. The van der Waals surface area contributed by atoms with Crippen molar-refractivity contribution in [1.29, 1.82) is 0 Å². The van der Waals surface area contributed by atoms with Gasteiger partial charge in [-0.2, -0.15) is 0 Å². The molecule has 0 aliphatic carbocycles. The van der Waals surface area contributed by atoms with E-state index in [0.717, 1.165) is 17.0 Å². The Balaban J connectivity index is 1.65. The SMILES string of the molecule is COc1cc(/C=C/C(=O)Nc2ccc(Oc3nc(C)cc(C)n3)cc2)cc(OC)c1OC. The minimum absolute atomic E-state index is 0.285. The van der Waals surface area contributed by atoms with E-state index in [1.165, 1.54) is 27.4 Å². The molecular weight excluding hydrogens is 410 g/mol. The summed E-state index contributed by atoms with van der Waals surface area (Å²) in [6.07, 6.45) is 3.09. The van der Waals surface area contributed by atoms with Crippen LogP contribution in [0.1, 0.15) is 17.0 Å². The van der Waals surface area contributed by atoms with Crippen LogP contribution in [0.4, 0.5) is 5.69 Å². The quantitative estimate of drug-likeness (QED) is 0.519. The summed E-state index contributed by atoms with van der Waals surface area (Å²) in [5.74, 6) is 1.79. The average Bonchev–Trinajstić information content (AvgIpc) is 2.77. The van der Waals surface area contributed by atoms with Crippen molar-refractivity contribution in [1.82, 2.24) is 9.97 Å². The Morgan fingerprint density at radius 1 is 0.875 bits per heavy atom. The van der Waals surface area contributed by atoms with Crippen LogP contribution in [0.15, 0.2) is 48.5 Å². The smallest absolute Gasteiger partial charge is 0.322 e. The molecule has 1 heterocycles. The fraction of sp³-hybridized carbons (Fsp3) is 0.208. The van der Waals surface area contributed by atoms with Gasteiger partial charge < -0.3 is 24.3 Å². The molecule has 0 saturated heterocycles. The number of carbonyl (C=O) groups excluding carboxylic acids is 1. The average molecular weight is 435 g/mol. The highest BCUT2D eigenvalue weighted by Crippen LogP contribution is 2.38. The molecule has 0 aliphatic heterocycles. The van der Waals surface area contributed by atoms with Gasteiger partial charge in [0, 0.05) is 23.2 Å². The summed E-state index contributed by atoms with van der Waals surface area (Å²) in [6.45, 7) is 3.76. The van der Waals surface area contributed by atoms with Gasteiger partial charge in [0.1, 0.15) is 5.75 Å². The van der Waals surface area contributed by atoms with Gasteiger partial charge in [-0.15, -0.1) is 0 Å². The molecule has 166 valence electrons. The minimum atomic E-state index is -0.287. The maximum Gasteiger partial charge on any atom is 0.322 e. The Kier molecular flexibility index (Phi) is 7.28. The monoisotopic (exact) mass is 435 g/mol. The van der Waals surface area contributed by atoms with Crippen LogP contribution in [0, 0.1) is 13.8 Å². The first-order valence-electron chi connectivity index (χ1n) is 9.81. The van der Waals surface area contributed by atoms with Crippen molar-refractivity contribution in [2.75, 3.05) is 26.6 Å². The van der Waals surface area contributed by atoms with Crippen LogP contribution in [-0.2, 0) is 4.79 Å². The van der Waals surface area contributed by atoms with E-state index in [1.807, 2.05) is 19.9 Å². The minimum Gasteiger partial charge on any atom is -0.493 e. The predicted octanol–water partition coefficient (Wildman–Crippen LogP) is 4.56. The number of benzene rings is 2. The number of nitrogens with one attached hydrogen (secondary N) is 1. The molecule has 8 nitrogen and oxygen atoms in total. The van der Waals surface area contributed by atoms with Gasteiger partial charge in [-0.3, -0.25) is 4.79 Å². The number of aromatic nitrogens is 2. The Morgan fingerprint density at radius 2 is 1.47 bits per heavy atom.